The van der Waals surface area contributed by atoms with E-state index in [2.05, 4.69) is 54.5 Å². The van der Waals surface area contributed by atoms with E-state index in [1.165, 1.54) is 0 Å². The molecule has 18 heavy (non-hydrogen) atoms. The number of hydrogen-bond donors (Lipinski definition) is 3. The minimum atomic E-state index is 0.516. The molecule has 0 saturated carbocycles. The lowest BCUT2D eigenvalue weighted by atomic mass is 10.3. The van der Waals surface area contributed by atoms with Crippen LogP contribution in [0.1, 0.15) is 13.3 Å². The second-order valence-corrected chi connectivity index (χ2v) is 5.17. The van der Waals surface area contributed by atoms with E-state index in [4.69, 9.17) is 10.6 Å². The SMILES string of the molecule is CCCN=C(NN)Nc1cc(OC)c(Br)cc1Br. The zero-order chi connectivity index (χ0) is 13.5. The number of benzene rings is 1. The smallest absolute Gasteiger partial charge is 0.210 e. The summed E-state index contributed by atoms with van der Waals surface area (Å²) in [4.78, 5) is 4.27. The van der Waals surface area contributed by atoms with Gasteiger partial charge in [-0.25, -0.2) is 5.84 Å². The maximum absolute atomic E-state index is 5.41. The van der Waals surface area contributed by atoms with Crippen LogP contribution in [0.5, 0.6) is 5.75 Å². The maximum Gasteiger partial charge on any atom is 0.210 e. The minimum Gasteiger partial charge on any atom is -0.495 e. The van der Waals surface area contributed by atoms with Gasteiger partial charge in [-0.3, -0.25) is 10.4 Å². The van der Waals surface area contributed by atoms with Crippen molar-refractivity contribution in [2.75, 3.05) is 19.0 Å². The first-order valence-electron chi connectivity index (χ1n) is 5.43. The fraction of sp³-hybridized carbons (Fsp3) is 0.364. The summed E-state index contributed by atoms with van der Waals surface area (Å²) >= 11 is 6.88. The lowest BCUT2D eigenvalue weighted by molar-refractivity contribution is 0.412. The third kappa shape index (κ3) is 4.15. The molecule has 0 spiro atoms. The molecular weight excluding hydrogens is 364 g/mol. The Labute approximate surface area is 123 Å². The molecule has 0 saturated heterocycles. The van der Waals surface area contributed by atoms with E-state index in [1.54, 1.807) is 7.11 Å². The Morgan fingerprint density at radius 3 is 2.67 bits per heavy atom. The van der Waals surface area contributed by atoms with Crippen molar-refractivity contribution < 1.29 is 4.74 Å². The zero-order valence-electron chi connectivity index (χ0n) is 10.3. The van der Waals surface area contributed by atoms with E-state index >= 15 is 0 Å². The van der Waals surface area contributed by atoms with E-state index in [9.17, 15) is 0 Å². The highest BCUT2D eigenvalue weighted by Crippen LogP contribution is 2.34. The molecule has 0 aliphatic heterocycles. The minimum absolute atomic E-state index is 0.516. The Hall–Kier alpha value is -0.790. The Balaban J connectivity index is 2.95. The number of aliphatic imine (C=N–C) groups is 1. The molecule has 0 aliphatic carbocycles. The number of hydrazine groups is 1. The summed E-state index contributed by atoms with van der Waals surface area (Å²) in [6.07, 6.45) is 0.956. The second-order valence-electron chi connectivity index (χ2n) is 3.47. The Kier molecular flexibility index (Phi) is 6.45. The molecular formula is C11H16Br2N4O. The molecule has 1 aromatic carbocycles. The Morgan fingerprint density at radius 2 is 2.11 bits per heavy atom. The van der Waals surface area contributed by atoms with Gasteiger partial charge in [0.1, 0.15) is 5.75 Å². The molecule has 0 fully saturated rings. The number of ether oxygens (including phenoxy) is 1. The van der Waals surface area contributed by atoms with Gasteiger partial charge in [0.05, 0.1) is 17.3 Å². The van der Waals surface area contributed by atoms with Crippen molar-refractivity contribution in [3.8, 4) is 5.75 Å². The molecule has 0 aliphatic rings. The topological polar surface area (TPSA) is 71.7 Å². The largest absolute Gasteiger partial charge is 0.495 e. The summed E-state index contributed by atoms with van der Waals surface area (Å²) in [7, 11) is 1.62. The van der Waals surface area contributed by atoms with Crippen LogP contribution in [0.25, 0.3) is 0 Å². The molecule has 7 heteroatoms. The molecule has 100 valence electrons. The van der Waals surface area contributed by atoms with Crippen LogP contribution in [0.4, 0.5) is 5.69 Å². The van der Waals surface area contributed by atoms with Crippen LogP contribution < -0.4 is 21.3 Å². The van der Waals surface area contributed by atoms with Gasteiger partial charge in [-0.1, -0.05) is 6.92 Å². The molecule has 0 amide bonds. The lowest BCUT2D eigenvalue weighted by Crippen LogP contribution is -2.36. The predicted octanol–water partition coefficient (Wildman–Crippen LogP) is 2.86. The monoisotopic (exact) mass is 378 g/mol. The van der Waals surface area contributed by atoms with Gasteiger partial charge in [0.2, 0.25) is 5.96 Å². The lowest BCUT2D eigenvalue weighted by Gasteiger charge is -2.13. The fourth-order valence-corrected chi connectivity index (χ4v) is 2.51. The number of nitrogens with zero attached hydrogens (tertiary/aromatic N) is 1. The second kappa shape index (κ2) is 7.60. The van der Waals surface area contributed by atoms with Gasteiger partial charge in [0.25, 0.3) is 0 Å². The summed E-state index contributed by atoms with van der Waals surface area (Å²) in [6.45, 7) is 2.76. The number of hydrogen-bond acceptors (Lipinski definition) is 3. The highest BCUT2D eigenvalue weighted by atomic mass is 79.9. The third-order valence-corrected chi connectivity index (χ3v) is 3.40. The van der Waals surface area contributed by atoms with Crippen LogP contribution in [-0.2, 0) is 0 Å². The van der Waals surface area contributed by atoms with E-state index in [0.29, 0.717) is 12.5 Å². The Bertz CT molecular complexity index is 437. The normalized spacial score (nSPS) is 11.3. The first kappa shape index (κ1) is 15.3. The van der Waals surface area contributed by atoms with Crippen molar-refractivity contribution in [1.82, 2.24) is 5.43 Å². The van der Waals surface area contributed by atoms with Crippen molar-refractivity contribution in [3.05, 3.63) is 21.1 Å². The van der Waals surface area contributed by atoms with Crippen molar-refractivity contribution in [3.63, 3.8) is 0 Å². The summed E-state index contributed by atoms with van der Waals surface area (Å²) in [5, 5.41) is 3.10. The number of guanidine groups is 1. The molecule has 0 heterocycles. The number of rotatable bonds is 4. The first-order chi connectivity index (χ1) is 8.62. The molecule has 0 atom stereocenters. The molecule has 1 aromatic rings. The molecule has 0 radical (unpaired) electrons. The number of methoxy groups -OCH3 is 1. The van der Waals surface area contributed by atoms with E-state index in [0.717, 1.165) is 26.8 Å². The van der Waals surface area contributed by atoms with Gasteiger partial charge in [0, 0.05) is 17.1 Å². The maximum atomic E-state index is 5.41. The number of halogens is 2. The first-order valence-corrected chi connectivity index (χ1v) is 7.02. The predicted molar refractivity (Wildman–Crippen MR) is 81.9 cm³/mol. The van der Waals surface area contributed by atoms with Crippen LogP contribution >= 0.6 is 31.9 Å². The molecule has 1 rings (SSSR count). The average Bonchev–Trinajstić information content (AvgIpc) is 2.36. The number of nitrogens with one attached hydrogen (secondary N) is 2. The highest BCUT2D eigenvalue weighted by Gasteiger charge is 2.08. The highest BCUT2D eigenvalue weighted by molar-refractivity contribution is 9.11. The fourth-order valence-electron chi connectivity index (χ4n) is 1.25. The van der Waals surface area contributed by atoms with Crippen LogP contribution in [0.2, 0.25) is 0 Å². The zero-order valence-corrected chi connectivity index (χ0v) is 13.4. The van der Waals surface area contributed by atoms with Gasteiger partial charge in [-0.15, -0.1) is 0 Å². The van der Waals surface area contributed by atoms with Crippen LogP contribution in [0, 0.1) is 0 Å². The molecule has 0 aromatic heterocycles. The van der Waals surface area contributed by atoms with Crippen LogP contribution in [-0.4, -0.2) is 19.6 Å². The van der Waals surface area contributed by atoms with Crippen molar-refractivity contribution in [2.24, 2.45) is 10.8 Å². The quantitative estimate of drug-likeness (QED) is 0.325. The molecule has 0 bridgehead atoms. The summed E-state index contributed by atoms with van der Waals surface area (Å²) in [5.74, 6) is 6.66. The van der Waals surface area contributed by atoms with E-state index in [1.807, 2.05) is 12.1 Å². The van der Waals surface area contributed by atoms with Gasteiger partial charge in [0.15, 0.2) is 0 Å². The van der Waals surface area contributed by atoms with Crippen molar-refractivity contribution in [1.29, 1.82) is 0 Å². The Morgan fingerprint density at radius 1 is 1.39 bits per heavy atom. The van der Waals surface area contributed by atoms with E-state index in [-0.39, 0.29) is 0 Å². The van der Waals surface area contributed by atoms with Gasteiger partial charge < -0.3 is 10.1 Å². The van der Waals surface area contributed by atoms with Crippen LogP contribution in [0.3, 0.4) is 0 Å². The van der Waals surface area contributed by atoms with E-state index < -0.39 is 0 Å². The van der Waals surface area contributed by atoms with Crippen LogP contribution in [0.15, 0.2) is 26.1 Å². The van der Waals surface area contributed by atoms with Gasteiger partial charge in [-0.05, 0) is 44.3 Å². The van der Waals surface area contributed by atoms with Crippen molar-refractivity contribution >= 4 is 43.5 Å². The average molecular weight is 380 g/mol. The summed E-state index contributed by atoms with van der Waals surface area (Å²) in [5.41, 5.74) is 3.35. The standard InChI is InChI=1S/C11H16Br2N4O/c1-3-4-15-11(17-14)16-9-6-10(18-2)8(13)5-7(9)12/h5-6H,3-4,14H2,1-2H3,(H2,15,16,17). The van der Waals surface area contributed by atoms with Gasteiger partial charge >= 0.3 is 0 Å². The third-order valence-electron chi connectivity index (χ3n) is 2.12. The van der Waals surface area contributed by atoms with Crippen molar-refractivity contribution in [2.45, 2.75) is 13.3 Å². The number of nitrogens with two attached hydrogens (primary N) is 1. The summed E-state index contributed by atoms with van der Waals surface area (Å²) < 4.78 is 6.99. The summed E-state index contributed by atoms with van der Waals surface area (Å²) in [6, 6.07) is 3.75. The molecule has 5 nitrogen and oxygen atoms in total. The molecule has 4 N–H and O–H groups in total. The van der Waals surface area contributed by atoms with Gasteiger partial charge in [-0.2, -0.15) is 0 Å². The molecule has 0 unspecified atom stereocenters. The number of anilines is 1.